The van der Waals surface area contributed by atoms with Crippen LogP contribution in [0.1, 0.15) is 46.4 Å². The molecule has 166 valence electrons. The van der Waals surface area contributed by atoms with Crippen molar-refractivity contribution < 1.29 is 28.7 Å². The number of hydrogen-bond acceptors (Lipinski definition) is 8. The highest BCUT2D eigenvalue weighted by atomic mass is 32.2. The van der Waals surface area contributed by atoms with Crippen LogP contribution >= 0.6 is 23.1 Å². The standard InChI is InChI=1S/C21H24N2O6S2/c1-5-28-20(26)17-12(3)18(21(27)29-6-2)31-19(17)23-16(25)11-30-15-10-8-7-9-14(15)22-13(4)24/h7-10H,5-6,11H2,1-4H3,(H,22,24)(H,23,25). The van der Waals surface area contributed by atoms with Crippen LogP contribution < -0.4 is 10.6 Å². The van der Waals surface area contributed by atoms with Gasteiger partial charge in [0.05, 0.1) is 30.2 Å². The summed E-state index contributed by atoms with van der Waals surface area (Å²) in [4.78, 5) is 49.6. The van der Waals surface area contributed by atoms with E-state index >= 15 is 0 Å². The van der Waals surface area contributed by atoms with Gasteiger partial charge in [-0.05, 0) is 38.5 Å². The molecule has 2 amide bonds. The fourth-order valence-corrected chi connectivity index (χ4v) is 4.55. The molecule has 8 nitrogen and oxygen atoms in total. The predicted octanol–water partition coefficient (Wildman–Crippen LogP) is 4.10. The predicted molar refractivity (Wildman–Crippen MR) is 121 cm³/mol. The zero-order valence-corrected chi connectivity index (χ0v) is 19.3. The number of thioether (sulfide) groups is 1. The number of para-hydroxylation sites is 1. The topological polar surface area (TPSA) is 111 Å². The summed E-state index contributed by atoms with van der Waals surface area (Å²) >= 11 is 2.21. The van der Waals surface area contributed by atoms with Crippen molar-refractivity contribution in [2.24, 2.45) is 0 Å². The van der Waals surface area contributed by atoms with Gasteiger partial charge in [0.25, 0.3) is 0 Å². The summed E-state index contributed by atoms with van der Waals surface area (Å²) in [5, 5.41) is 5.66. The molecule has 0 fully saturated rings. The maximum absolute atomic E-state index is 12.6. The molecular formula is C21H24N2O6S2. The Kier molecular flexibility index (Phi) is 9.07. The van der Waals surface area contributed by atoms with Crippen molar-refractivity contribution in [2.75, 3.05) is 29.6 Å². The third kappa shape index (κ3) is 6.56. The number of anilines is 2. The molecule has 0 saturated carbocycles. The number of thiophene rings is 1. The van der Waals surface area contributed by atoms with E-state index in [2.05, 4.69) is 10.6 Å². The van der Waals surface area contributed by atoms with Gasteiger partial charge < -0.3 is 20.1 Å². The second kappa shape index (κ2) is 11.5. The van der Waals surface area contributed by atoms with Crippen LogP contribution in [0.4, 0.5) is 10.7 Å². The number of carbonyl (C=O) groups excluding carboxylic acids is 4. The van der Waals surface area contributed by atoms with Gasteiger partial charge in [0, 0.05) is 11.8 Å². The molecule has 1 aromatic heterocycles. The summed E-state index contributed by atoms with van der Waals surface area (Å²) in [6.45, 7) is 6.73. The normalized spacial score (nSPS) is 10.3. The molecule has 10 heteroatoms. The average molecular weight is 465 g/mol. The molecule has 31 heavy (non-hydrogen) atoms. The van der Waals surface area contributed by atoms with Crippen LogP contribution in [0, 0.1) is 6.92 Å². The Balaban J connectivity index is 2.20. The first-order valence-electron chi connectivity index (χ1n) is 9.55. The van der Waals surface area contributed by atoms with Crippen molar-refractivity contribution in [3.63, 3.8) is 0 Å². The van der Waals surface area contributed by atoms with Crippen molar-refractivity contribution >= 4 is 57.5 Å². The summed E-state index contributed by atoms with van der Waals surface area (Å²) in [6, 6.07) is 7.13. The lowest BCUT2D eigenvalue weighted by Crippen LogP contribution is -2.16. The SMILES string of the molecule is CCOC(=O)c1sc(NC(=O)CSc2ccccc2NC(C)=O)c(C(=O)OCC)c1C. The maximum atomic E-state index is 12.6. The van der Waals surface area contributed by atoms with E-state index in [0.29, 0.717) is 11.3 Å². The zero-order chi connectivity index (χ0) is 23.0. The number of benzene rings is 1. The number of rotatable bonds is 9. The quantitative estimate of drug-likeness (QED) is 0.425. The Morgan fingerprint density at radius 2 is 1.65 bits per heavy atom. The van der Waals surface area contributed by atoms with Gasteiger partial charge in [-0.2, -0.15) is 0 Å². The van der Waals surface area contributed by atoms with Crippen LogP contribution in [-0.4, -0.2) is 42.7 Å². The van der Waals surface area contributed by atoms with Crippen LogP contribution in [0.2, 0.25) is 0 Å². The highest BCUT2D eigenvalue weighted by molar-refractivity contribution is 8.00. The molecule has 0 aliphatic rings. The fraction of sp³-hybridized carbons (Fsp3) is 0.333. The molecule has 1 aromatic carbocycles. The van der Waals surface area contributed by atoms with Crippen molar-refractivity contribution in [2.45, 2.75) is 32.6 Å². The minimum absolute atomic E-state index is 0.0323. The first-order chi connectivity index (χ1) is 14.8. The molecule has 0 atom stereocenters. The van der Waals surface area contributed by atoms with Crippen molar-refractivity contribution in [1.29, 1.82) is 0 Å². The molecule has 1 heterocycles. The summed E-state index contributed by atoms with van der Waals surface area (Å²) in [6.07, 6.45) is 0. The number of nitrogens with one attached hydrogen (secondary N) is 2. The van der Waals surface area contributed by atoms with E-state index < -0.39 is 11.9 Å². The number of amides is 2. The highest BCUT2D eigenvalue weighted by Gasteiger charge is 2.27. The summed E-state index contributed by atoms with van der Waals surface area (Å²) in [7, 11) is 0. The number of hydrogen-bond donors (Lipinski definition) is 2. The number of ether oxygens (including phenoxy) is 2. The fourth-order valence-electron chi connectivity index (χ4n) is 2.63. The van der Waals surface area contributed by atoms with E-state index in [1.165, 1.54) is 18.7 Å². The van der Waals surface area contributed by atoms with Gasteiger partial charge in [0.2, 0.25) is 11.8 Å². The second-order valence-corrected chi connectivity index (χ2v) is 8.25. The first-order valence-corrected chi connectivity index (χ1v) is 11.4. The Labute approximate surface area is 188 Å². The van der Waals surface area contributed by atoms with E-state index in [4.69, 9.17) is 9.47 Å². The van der Waals surface area contributed by atoms with E-state index in [9.17, 15) is 19.2 Å². The van der Waals surface area contributed by atoms with Crippen molar-refractivity contribution in [1.82, 2.24) is 0 Å². The molecule has 0 aliphatic heterocycles. The van der Waals surface area contributed by atoms with Crippen LogP contribution in [0.5, 0.6) is 0 Å². The van der Waals surface area contributed by atoms with Gasteiger partial charge >= 0.3 is 11.9 Å². The lowest BCUT2D eigenvalue weighted by molar-refractivity contribution is -0.114. The Morgan fingerprint density at radius 3 is 2.29 bits per heavy atom. The molecule has 0 spiro atoms. The Morgan fingerprint density at radius 1 is 1.00 bits per heavy atom. The number of carbonyl (C=O) groups is 4. The van der Waals surface area contributed by atoms with E-state index in [1.54, 1.807) is 45.0 Å². The van der Waals surface area contributed by atoms with Gasteiger partial charge in [0.1, 0.15) is 9.88 Å². The minimum Gasteiger partial charge on any atom is -0.462 e. The van der Waals surface area contributed by atoms with Gasteiger partial charge in [-0.15, -0.1) is 23.1 Å². The maximum Gasteiger partial charge on any atom is 0.348 e. The minimum atomic E-state index is -0.620. The lowest BCUT2D eigenvalue weighted by Gasteiger charge is -2.10. The first kappa shape index (κ1) is 24.4. The van der Waals surface area contributed by atoms with Crippen molar-refractivity contribution in [3.05, 3.63) is 40.3 Å². The number of esters is 2. The van der Waals surface area contributed by atoms with Gasteiger partial charge in [-0.25, -0.2) is 9.59 Å². The Hall–Kier alpha value is -2.85. The molecule has 2 rings (SSSR count). The molecule has 0 saturated heterocycles. The molecule has 2 aromatic rings. The highest BCUT2D eigenvalue weighted by Crippen LogP contribution is 2.35. The van der Waals surface area contributed by atoms with Crippen LogP contribution in [0.25, 0.3) is 0 Å². The molecule has 0 radical (unpaired) electrons. The third-order valence-electron chi connectivity index (χ3n) is 3.90. The molecule has 0 aliphatic carbocycles. The summed E-state index contributed by atoms with van der Waals surface area (Å²) in [5.41, 5.74) is 1.16. The van der Waals surface area contributed by atoms with Crippen LogP contribution in [-0.2, 0) is 19.1 Å². The van der Waals surface area contributed by atoms with Crippen molar-refractivity contribution in [3.8, 4) is 0 Å². The van der Waals surface area contributed by atoms with E-state index in [-0.39, 0.29) is 46.2 Å². The zero-order valence-electron chi connectivity index (χ0n) is 17.7. The van der Waals surface area contributed by atoms with Gasteiger partial charge in [-0.1, -0.05) is 12.1 Å². The summed E-state index contributed by atoms with van der Waals surface area (Å²) < 4.78 is 10.1. The summed E-state index contributed by atoms with van der Waals surface area (Å²) in [5.74, 6) is -1.73. The largest absolute Gasteiger partial charge is 0.462 e. The molecule has 0 bridgehead atoms. The second-order valence-electron chi connectivity index (χ2n) is 6.22. The molecule has 0 unspecified atom stereocenters. The molecule has 2 N–H and O–H groups in total. The molecular weight excluding hydrogens is 440 g/mol. The third-order valence-corrected chi connectivity index (χ3v) is 6.16. The monoisotopic (exact) mass is 464 g/mol. The smallest absolute Gasteiger partial charge is 0.348 e. The van der Waals surface area contributed by atoms with Gasteiger partial charge in [-0.3, -0.25) is 9.59 Å². The average Bonchev–Trinajstić information content (AvgIpc) is 3.03. The Bertz CT molecular complexity index is 986. The van der Waals surface area contributed by atoms with Crippen LogP contribution in [0.15, 0.2) is 29.2 Å². The van der Waals surface area contributed by atoms with E-state index in [1.807, 2.05) is 0 Å². The van der Waals surface area contributed by atoms with E-state index in [0.717, 1.165) is 16.2 Å². The van der Waals surface area contributed by atoms with Gasteiger partial charge in [0.15, 0.2) is 0 Å². The lowest BCUT2D eigenvalue weighted by atomic mass is 10.1. The van der Waals surface area contributed by atoms with Crippen LogP contribution in [0.3, 0.4) is 0 Å².